The second-order valence-electron chi connectivity index (χ2n) is 7.42. The molecule has 0 aromatic rings. The summed E-state index contributed by atoms with van der Waals surface area (Å²) in [5.41, 5.74) is -0.0185. The van der Waals surface area contributed by atoms with E-state index in [0.29, 0.717) is 24.8 Å². The Morgan fingerprint density at radius 3 is 2.25 bits per heavy atom. The number of carbonyl (C=O) groups excluding carboxylic acids is 1. The number of rotatable bonds is 11. The van der Waals surface area contributed by atoms with Gasteiger partial charge in [0.05, 0.1) is 23.4 Å². The number of esters is 1. The predicted molar refractivity (Wildman–Crippen MR) is 111 cm³/mol. The van der Waals surface area contributed by atoms with E-state index in [1.54, 1.807) is 0 Å². The standard InChI is InChI=1S/C18H33NO3.C3H5NO2/c1-5-9-15(4)22-18(20)17(12-13-21-14(2)3)19-16-10-7-6-8-11-16;1-3(2)4(5)6/h15-17,19H,2,5-13H2,1,3-4H3;1H2,2H3. The van der Waals surface area contributed by atoms with Crippen molar-refractivity contribution in [2.45, 2.75) is 97.2 Å². The molecule has 0 radical (unpaired) electrons. The van der Waals surface area contributed by atoms with Gasteiger partial charge in [0.2, 0.25) is 5.70 Å². The monoisotopic (exact) mass is 398 g/mol. The fourth-order valence-corrected chi connectivity index (χ4v) is 2.92. The normalized spacial score (nSPS) is 16.1. The third-order valence-corrected chi connectivity index (χ3v) is 4.41. The molecule has 1 N–H and O–H groups in total. The van der Waals surface area contributed by atoms with Gasteiger partial charge in [-0.2, -0.15) is 0 Å². The van der Waals surface area contributed by atoms with Crippen molar-refractivity contribution in [2.24, 2.45) is 0 Å². The van der Waals surface area contributed by atoms with Gasteiger partial charge in [-0.1, -0.05) is 39.2 Å². The van der Waals surface area contributed by atoms with Crippen LogP contribution in [0.15, 0.2) is 24.6 Å². The lowest BCUT2D eigenvalue weighted by Gasteiger charge is -2.28. The zero-order chi connectivity index (χ0) is 21.5. The van der Waals surface area contributed by atoms with E-state index in [-0.39, 0.29) is 23.8 Å². The third-order valence-electron chi connectivity index (χ3n) is 4.41. The first-order valence-corrected chi connectivity index (χ1v) is 10.2. The van der Waals surface area contributed by atoms with Gasteiger partial charge in [0.1, 0.15) is 6.04 Å². The fourth-order valence-electron chi connectivity index (χ4n) is 2.92. The molecule has 0 heterocycles. The molecule has 2 unspecified atom stereocenters. The lowest BCUT2D eigenvalue weighted by Crippen LogP contribution is -2.46. The van der Waals surface area contributed by atoms with Gasteiger partial charge in [-0.3, -0.25) is 14.9 Å². The number of ether oxygens (including phenoxy) is 2. The Hall–Kier alpha value is -1.89. The van der Waals surface area contributed by atoms with Crippen LogP contribution in [0.25, 0.3) is 0 Å². The van der Waals surface area contributed by atoms with Gasteiger partial charge in [-0.15, -0.1) is 0 Å². The number of hydrogen-bond acceptors (Lipinski definition) is 6. The minimum atomic E-state index is -0.528. The first kappa shape index (κ1) is 26.1. The number of carbonyl (C=O) groups is 1. The highest BCUT2D eigenvalue weighted by Crippen LogP contribution is 2.19. The molecule has 0 saturated heterocycles. The molecule has 1 saturated carbocycles. The molecule has 28 heavy (non-hydrogen) atoms. The van der Waals surface area contributed by atoms with Gasteiger partial charge in [-0.25, -0.2) is 0 Å². The second-order valence-corrected chi connectivity index (χ2v) is 7.42. The van der Waals surface area contributed by atoms with Crippen LogP contribution in [0.3, 0.4) is 0 Å². The highest BCUT2D eigenvalue weighted by molar-refractivity contribution is 5.76. The summed E-state index contributed by atoms with van der Waals surface area (Å²) < 4.78 is 11.0. The molecule has 0 aromatic carbocycles. The van der Waals surface area contributed by atoms with Crippen molar-refractivity contribution in [1.29, 1.82) is 0 Å². The molecule has 1 rings (SSSR count). The maximum Gasteiger partial charge on any atom is 0.323 e. The summed E-state index contributed by atoms with van der Waals surface area (Å²) >= 11 is 0. The van der Waals surface area contributed by atoms with E-state index in [4.69, 9.17) is 9.47 Å². The average Bonchev–Trinajstić information content (AvgIpc) is 2.62. The number of nitrogens with one attached hydrogen (secondary N) is 1. The average molecular weight is 399 g/mol. The van der Waals surface area contributed by atoms with Crippen molar-refractivity contribution in [3.8, 4) is 0 Å². The fraction of sp³-hybridized carbons (Fsp3) is 0.762. The maximum absolute atomic E-state index is 12.4. The minimum absolute atomic E-state index is 0.0183. The Bertz CT molecular complexity index is 489. The van der Waals surface area contributed by atoms with Gasteiger partial charge in [0, 0.05) is 19.4 Å². The molecule has 0 spiro atoms. The number of allylic oxidation sites excluding steroid dienone is 2. The smallest absolute Gasteiger partial charge is 0.323 e. The van der Waals surface area contributed by atoms with Crippen LogP contribution in [0.1, 0.15) is 79.1 Å². The molecule has 1 fully saturated rings. The molecule has 1 aliphatic rings. The highest BCUT2D eigenvalue weighted by atomic mass is 16.6. The lowest BCUT2D eigenvalue weighted by atomic mass is 9.94. The van der Waals surface area contributed by atoms with Crippen LogP contribution in [0.2, 0.25) is 0 Å². The van der Waals surface area contributed by atoms with Crippen LogP contribution in [0.5, 0.6) is 0 Å². The van der Waals surface area contributed by atoms with Crippen molar-refractivity contribution in [2.75, 3.05) is 6.61 Å². The van der Waals surface area contributed by atoms with E-state index in [0.717, 1.165) is 25.7 Å². The zero-order valence-corrected chi connectivity index (χ0v) is 18.0. The zero-order valence-electron chi connectivity index (χ0n) is 18.0. The first-order valence-electron chi connectivity index (χ1n) is 10.2. The lowest BCUT2D eigenvalue weighted by molar-refractivity contribution is -0.423. The van der Waals surface area contributed by atoms with Crippen molar-refractivity contribution in [1.82, 2.24) is 5.32 Å². The molecule has 1 aliphatic carbocycles. The molecular formula is C21H38N2O5. The van der Waals surface area contributed by atoms with E-state index in [2.05, 4.69) is 25.4 Å². The van der Waals surface area contributed by atoms with Crippen molar-refractivity contribution in [3.63, 3.8) is 0 Å². The topological polar surface area (TPSA) is 90.7 Å². The Morgan fingerprint density at radius 1 is 1.21 bits per heavy atom. The Kier molecular flexibility index (Phi) is 14.1. The van der Waals surface area contributed by atoms with Gasteiger partial charge in [-0.05, 0) is 39.7 Å². The Balaban J connectivity index is 0.00000105. The van der Waals surface area contributed by atoms with Gasteiger partial charge >= 0.3 is 5.97 Å². The molecule has 0 aliphatic heterocycles. The molecule has 162 valence electrons. The van der Waals surface area contributed by atoms with Gasteiger partial charge < -0.3 is 14.8 Å². The van der Waals surface area contributed by atoms with E-state index < -0.39 is 4.92 Å². The Labute approximate surface area is 169 Å². The summed E-state index contributed by atoms with van der Waals surface area (Å²) in [6.45, 7) is 14.5. The highest BCUT2D eigenvalue weighted by Gasteiger charge is 2.25. The van der Waals surface area contributed by atoms with E-state index in [9.17, 15) is 14.9 Å². The summed E-state index contributed by atoms with van der Waals surface area (Å²) in [4.78, 5) is 21.3. The maximum atomic E-state index is 12.4. The molecule has 7 heteroatoms. The van der Waals surface area contributed by atoms with Crippen molar-refractivity contribution < 1.29 is 19.2 Å². The van der Waals surface area contributed by atoms with Crippen LogP contribution in [-0.4, -0.2) is 35.7 Å². The SMILES string of the molecule is C=C(C)OCCC(NC1CCCCC1)C(=O)OC(C)CCC.C=C(C)[N+](=O)[O-]. The third kappa shape index (κ3) is 13.3. The number of hydrogen-bond donors (Lipinski definition) is 1. The summed E-state index contributed by atoms with van der Waals surface area (Å²) in [7, 11) is 0. The summed E-state index contributed by atoms with van der Waals surface area (Å²) in [6.07, 6.45) is 8.63. The van der Waals surface area contributed by atoms with Crippen LogP contribution >= 0.6 is 0 Å². The van der Waals surface area contributed by atoms with E-state index >= 15 is 0 Å². The molecule has 0 bridgehead atoms. The minimum Gasteiger partial charge on any atom is -0.499 e. The number of nitrogens with zero attached hydrogens (tertiary/aromatic N) is 1. The van der Waals surface area contributed by atoms with Crippen LogP contribution < -0.4 is 5.32 Å². The molecule has 0 amide bonds. The van der Waals surface area contributed by atoms with Crippen LogP contribution in [0.4, 0.5) is 0 Å². The van der Waals surface area contributed by atoms with E-state index in [1.165, 1.54) is 26.2 Å². The van der Waals surface area contributed by atoms with Crippen molar-refractivity contribution in [3.05, 3.63) is 34.7 Å². The van der Waals surface area contributed by atoms with Gasteiger partial charge in [0.25, 0.3) is 0 Å². The summed E-state index contributed by atoms with van der Waals surface area (Å²) in [6, 6.07) is 0.152. The largest absolute Gasteiger partial charge is 0.499 e. The molecule has 2 atom stereocenters. The quantitative estimate of drug-likeness (QED) is 0.234. The molecule has 7 nitrogen and oxygen atoms in total. The number of nitro groups is 1. The Morgan fingerprint density at radius 2 is 1.79 bits per heavy atom. The molecule has 0 aromatic heterocycles. The first-order chi connectivity index (χ1) is 13.2. The summed E-state index contributed by atoms with van der Waals surface area (Å²) in [5.74, 6) is 0.543. The van der Waals surface area contributed by atoms with Crippen LogP contribution in [-0.2, 0) is 14.3 Å². The predicted octanol–water partition coefficient (Wildman–Crippen LogP) is 4.75. The van der Waals surface area contributed by atoms with Gasteiger partial charge in [0.15, 0.2) is 0 Å². The van der Waals surface area contributed by atoms with Crippen molar-refractivity contribution >= 4 is 5.97 Å². The van der Waals surface area contributed by atoms with Crippen LogP contribution in [0, 0.1) is 10.1 Å². The molecular weight excluding hydrogens is 360 g/mol. The van der Waals surface area contributed by atoms with E-state index in [1.807, 2.05) is 13.8 Å². The summed E-state index contributed by atoms with van der Waals surface area (Å²) in [5, 5.41) is 12.9. The second kappa shape index (κ2) is 15.1.